The summed E-state index contributed by atoms with van der Waals surface area (Å²) in [6.07, 6.45) is -1.21. The number of hydrogen-bond acceptors (Lipinski definition) is 5. The van der Waals surface area contributed by atoms with Crippen LogP contribution in [-0.2, 0) is 9.59 Å². The molecule has 214 valence electrons. The number of para-hydroxylation sites is 1. The zero-order valence-corrected chi connectivity index (χ0v) is 24.7. The van der Waals surface area contributed by atoms with Crippen molar-refractivity contribution < 1.29 is 31.9 Å². The van der Waals surface area contributed by atoms with Crippen molar-refractivity contribution in [3.63, 3.8) is 0 Å². The molecule has 1 N–H and O–H groups in total. The average molecular weight is 698 g/mol. The summed E-state index contributed by atoms with van der Waals surface area (Å²) in [7, 11) is 3.05. The van der Waals surface area contributed by atoms with E-state index in [0.717, 1.165) is 16.5 Å². The van der Waals surface area contributed by atoms with Gasteiger partial charge < -0.3 is 15.0 Å². The molecule has 0 bridgehead atoms. The number of benzene rings is 2. The Labute approximate surface area is 249 Å². The number of methoxy groups -OCH3 is 1. The highest BCUT2D eigenvalue weighted by molar-refractivity contribution is 14.2. The smallest absolute Gasteiger partial charge is 0.471 e. The zero-order valence-electron chi connectivity index (χ0n) is 21.8. The predicted molar refractivity (Wildman–Crippen MR) is 158 cm³/mol. The highest BCUT2D eigenvalue weighted by Gasteiger charge is 2.47. The summed E-state index contributed by atoms with van der Waals surface area (Å²) in [5, 5.41) is 3.23. The van der Waals surface area contributed by atoms with Gasteiger partial charge in [-0.3, -0.25) is 13.6 Å². The fourth-order valence-corrected chi connectivity index (χ4v) is 6.35. The molecule has 0 aliphatic carbocycles. The van der Waals surface area contributed by atoms with Crippen LogP contribution in [-0.4, -0.2) is 51.5 Å². The third-order valence-corrected chi connectivity index (χ3v) is 8.71. The minimum absolute atomic E-state index is 0.0573. The normalized spacial score (nSPS) is 15.4. The number of ether oxygens (including phenoxy) is 1. The second-order valence-corrected chi connectivity index (χ2v) is 11.2. The molecule has 0 radical (unpaired) electrons. The highest BCUT2D eigenvalue weighted by Crippen LogP contribution is 2.40. The lowest BCUT2D eigenvalue weighted by atomic mass is 10.00. The van der Waals surface area contributed by atoms with E-state index in [9.17, 15) is 22.8 Å². The number of carbonyl (C=O) groups is 2. The van der Waals surface area contributed by atoms with Gasteiger partial charge in [0, 0.05) is 71.3 Å². The maximum Gasteiger partial charge on any atom is 0.471 e. The topological polar surface area (TPSA) is 76.5 Å². The Balaban J connectivity index is 1.48. The highest BCUT2D eigenvalue weighted by atomic mass is 127. The molecule has 1 atom stereocenters. The van der Waals surface area contributed by atoms with E-state index in [0.29, 0.717) is 33.0 Å². The van der Waals surface area contributed by atoms with E-state index in [1.807, 2.05) is 40.5 Å². The Morgan fingerprint density at radius 2 is 1.90 bits per heavy atom. The molecule has 13 heteroatoms. The molecule has 1 fully saturated rings. The zero-order chi connectivity index (χ0) is 29.5. The van der Waals surface area contributed by atoms with E-state index in [-0.39, 0.29) is 25.1 Å². The Bertz CT molecular complexity index is 1640. The van der Waals surface area contributed by atoms with E-state index in [4.69, 9.17) is 4.74 Å². The fourth-order valence-electron chi connectivity index (χ4n) is 5.09. The molecule has 0 spiro atoms. The number of rotatable bonds is 6. The van der Waals surface area contributed by atoms with Crippen LogP contribution < -0.4 is 10.1 Å². The van der Waals surface area contributed by atoms with Crippen molar-refractivity contribution in [3.8, 4) is 28.0 Å². The molecule has 2 aromatic carbocycles. The summed E-state index contributed by atoms with van der Waals surface area (Å²) in [6.45, 7) is 1.39. The molecule has 2 amide bonds. The SMILES string of the molecule is COc1ccccc1-c1cn(SI)c2ncc(-c3cc(C)c(NC(=O)C4CCCN4C(=O)C(F)(F)F)c(F)c3)cc12. The van der Waals surface area contributed by atoms with Crippen LogP contribution in [0.4, 0.5) is 23.2 Å². The maximum absolute atomic E-state index is 15.4. The molecule has 0 saturated carbocycles. The first-order chi connectivity index (χ1) is 19.5. The van der Waals surface area contributed by atoms with E-state index in [1.54, 1.807) is 26.3 Å². The van der Waals surface area contributed by atoms with Crippen LogP contribution in [0.3, 0.4) is 0 Å². The van der Waals surface area contributed by atoms with Crippen LogP contribution in [0.15, 0.2) is 54.9 Å². The molecule has 1 saturated heterocycles. The average Bonchev–Trinajstić information content (AvgIpc) is 3.58. The minimum atomic E-state index is -5.09. The van der Waals surface area contributed by atoms with Crippen LogP contribution in [0.5, 0.6) is 5.75 Å². The summed E-state index contributed by atoms with van der Waals surface area (Å²) < 4.78 is 61.8. The summed E-state index contributed by atoms with van der Waals surface area (Å²) in [5.41, 5.74) is 3.81. The monoisotopic (exact) mass is 698 g/mol. The third kappa shape index (κ3) is 5.61. The number of hydrogen-bond donors (Lipinski definition) is 1. The van der Waals surface area contributed by atoms with Gasteiger partial charge in [-0.1, -0.05) is 18.2 Å². The van der Waals surface area contributed by atoms with Crippen molar-refractivity contribution in [2.45, 2.75) is 32.0 Å². The summed E-state index contributed by atoms with van der Waals surface area (Å²) >= 11 is 2.16. The van der Waals surface area contributed by atoms with Gasteiger partial charge in [-0.05, 0) is 55.2 Å². The number of likely N-dealkylation sites (tertiary alicyclic amines) is 1. The second kappa shape index (κ2) is 11.5. The van der Waals surface area contributed by atoms with Crippen molar-refractivity contribution >= 4 is 58.9 Å². The van der Waals surface area contributed by atoms with Gasteiger partial charge in [-0.2, -0.15) is 13.2 Å². The molecular formula is C28H23F4IN4O3S. The van der Waals surface area contributed by atoms with E-state index >= 15 is 4.39 Å². The molecule has 1 aliphatic heterocycles. The lowest BCUT2D eigenvalue weighted by Crippen LogP contribution is -2.48. The lowest BCUT2D eigenvalue weighted by Gasteiger charge is -2.25. The van der Waals surface area contributed by atoms with Gasteiger partial charge >= 0.3 is 12.1 Å². The number of fused-ring (bicyclic) bond motifs is 1. The first-order valence-electron chi connectivity index (χ1n) is 12.5. The van der Waals surface area contributed by atoms with Gasteiger partial charge in [0.1, 0.15) is 17.6 Å². The van der Waals surface area contributed by atoms with Crippen molar-refractivity contribution in [2.75, 3.05) is 19.0 Å². The number of nitrogens with zero attached hydrogens (tertiary/aromatic N) is 3. The molecule has 41 heavy (non-hydrogen) atoms. The predicted octanol–water partition coefficient (Wildman–Crippen LogP) is 7.16. The number of pyridine rings is 1. The van der Waals surface area contributed by atoms with Gasteiger partial charge in [0.05, 0.1) is 12.8 Å². The van der Waals surface area contributed by atoms with Gasteiger partial charge in [-0.15, -0.1) is 0 Å². The molecule has 1 aliphatic rings. The van der Waals surface area contributed by atoms with Crippen LogP contribution in [0.2, 0.25) is 0 Å². The number of anilines is 1. The van der Waals surface area contributed by atoms with Crippen molar-refractivity contribution in [1.82, 2.24) is 13.9 Å². The lowest BCUT2D eigenvalue weighted by molar-refractivity contribution is -0.186. The van der Waals surface area contributed by atoms with Crippen LogP contribution in [0.1, 0.15) is 18.4 Å². The Morgan fingerprint density at radius 1 is 1.15 bits per heavy atom. The molecule has 4 aromatic rings. The molecule has 5 rings (SSSR count). The molecule has 7 nitrogen and oxygen atoms in total. The first-order valence-corrected chi connectivity index (χ1v) is 15.8. The fraction of sp³-hybridized carbons (Fsp3) is 0.250. The Kier molecular flexibility index (Phi) is 8.19. The third-order valence-electron chi connectivity index (χ3n) is 7.01. The first kappa shape index (κ1) is 29.2. The number of amides is 2. The number of aryl methyl sites for hydroxylation is 1. The molecule has 2 aromatic heterocycles. The Hall–Kier alpha value is -3.33. The summed E-state index contributed by atoms with van der Waals surface area (Å²) in [4.78, 5) is 29.7. The van der Waals surface area contributed by atoms with Gasteiger partial charge in [-0.25, -0.2) is 9.37 Å². The summed E-state index contributed by atoms with van der Waals surface area (Å²) in [5.74, 6) is -3.01. The van der Waals surface area contributed by atoms with E-state index in [1.165, 1.54) is 15.2 Å². The standard InChI is InChI=1S/C28H23F4IN4O3S/c1-15-10-16(12-21(29)24(15)35-26(38)22-7-5-9-36(22)27(39)28(30,31)32)17-11-19-20(14-37(41-33)25(19)34-13-17)18-6-3-4-8-23(18)40-2/h3-4,6,8,10-14,22H,5,7,9H2,1-2H3,(H,35,38). The van der Waals surface area contributed by atoms with Gasteiger partial charge in [0.15, 0.2) is 5.65 Å². The number of carbonyl (C=O) groups excluding carboxylic acids is 2. The number of alkyl halides is 3. The maximum atomic E-state index is 15.4. The number of aromatic nitrogens is 2. The number of halogens is 5. The van der Waals surface area contributed by atoms with Crippen LogP contribution in [0.25, 0.3) is 33.3 Å². The van der Waals surface area contributed by atoms with Crippen molar-refractivity contribution in [1.29, 1.82) is 0 Å². The van der Waals surface area contributed by atoms with Crippen molar-refractivity contribution in [2.24, 2.45) is 0 Å². The molecule has 1 unspecified atom stereocenters. The van der Waals surface area contributed by atoms with Gasteiger partial charge in [0.25, 0.3) is 0 Å². The van der Waals surface area contributed by atoms with E-state index in [2.05, 4.69) is 31.5 Å². The quantitative estimate of drug-likeness (QED) is 0.171. The van der Waals surface area contributed by atoms with Crippen molar-refractivity contribution in [3.05, 3.63) is 66.2 Å². The summed E-state index contributed by atoms with van der Waals surface area (Å²) in [6, 6.07) is 11.1. The van der Waals surface area contributed by atoms with Crippen LogP contribution in [0, 0.1) is 12.7 Å². The van der Waals surface area contributed by atoms with Crippen LogP contribution >= 0.6 is 30.3 Å². The molecular weight excluding hydrogens is 675 g/mol. The molecule has 3 heterocycles. The number of nitrogens with one attached hydrogen (secondary N) is 1. The van der Waals surface area contributed by atoms with Gasteiger partial charge in [0.2, 0.25) is 5.91 Å². The Morgan fingerprint density at radius 3 is 2.59 bits per heavy atom. The largest absolute Gasteiger partial charge is 0.496 e. The van der Waals surface area contributed by atoms with E-state index < -0.39 is 29.8 Å². The second-order valence-electron chi connectivity index (χ2n) is 9.53. The minimum Gasteiger partial charge on any atom is -0.496 e.